The molecular weight excluding hydrogens is 436 g/mol. The van der Waals surface area contributed by atoms with E-state index in [9.17, 15) is 5.11 Å². The number of nitrogens with zero attached hydrogens (tertiary/aromatic N) is 1. The predicted molar refractivity (Wildman–Crippen MR) is 132 cm³/mol. The topological polar surface area (TPSA) is 45.2 Å². The van der Waals surface area contributed by atoms with Gasteiger partial charge in [0.2, 0.25) is 0 Å². The Balaban J connectivity index is 1.23. The lowest BCUT2D eigenvalue weighted by Gasteiger charge is -2.57. The standard InChI is InChI=1S/C27H33ClN2OS/c1-26-10-8-19(31)13-17(26)6-7-20-21(26)9-11-27(2)22(20)14-23-24(27)30-25(32-23)29-15-16-4-3-5-18(28)12-16/h3-6,12,19-22,31H,7-11,13-15H2,1-2H3,(H,29,30)/t19-,20?,21?,22?,26-,27-/m0/s1. The number of rotatable bonds is 3. The lowest BCUT2D eigenvalue weighted by Crippen LogP contribution is -2.51. The molecule has 0 saturated heterocycles. The van der Waals surface area contributed by atoms with E-state index in [0.29, 0.717) is 11.3 Å². The van der Waals surface area contributed by atoms with Crippen LogP contribution < -0.4 is 5.32 Å². The smallest absolute Gasteiger partial charge is 0.183 e. The zero-order chi connectivity index (χ0) is 22.1. The molecule has 0 spiro atoms. The van der Waals surface area contributed by atoms with Crippen LogP contribution in [0.1, 0.15) is 68.5 Å². The Morgan fingerprint density at radius 3 is 2.84 bits per heavy atom. The maximum absolute atomic E-state index is 10.2. The molecular formula is C27H33ClN2OS. The molecule has 2 aromatic rings. The Kier molecular flexibility index (Phi) is 5.02. The van der Waals surface area contributed by atoms with Gasteiger partial charge in [-0.1, -0.05) is 49.2 Å². The molecule has 32 heavy (non-hydrogen) atoms. The van der Waals surface area contributed by atoms with Crippen LogP contribution in [0.25, 0.3) is 0 Å². The van der Waals surface area contributed by atoms with Gasteiger partial charge in [-0.05, 0) is 85.8 Å². The van der Waals surface area contributed by atoms with Crippen LogP contribution in [0.2, 0.25) is 5.02 Å². The van der Waals surface area contributed by atoms with Crippen molar-refractivity contribution in [3.05, 3.63) is 57.1 Å². The van der Waals surface area contributed by atoms with Crippen LogP contribution in [0, 0.1) is 23.2 Å². The third-order valence-electron chi connectivity index (χ3n) is 9.44. The molecule has 0 amide bonds. The zero-order valence-corrected chi connectivity index (χ0v) is 20.6. The SMILES string of the molecule is C[C@]12CC[C@H](O)CC1=CCC1C2CC[C@]2(C)c3nc(NCc4cccc(Cl)c4)sc3CC12. The first kappa shape index (κ1) is 21.2. The van der Waals surface area contributed by atoms with E-state index in [4.69, 9.17) is 16.6 Å². The molecule has 2 saturated carbocycles. The maximum atomic E-state index is 10.2. The summed E-state index contributed by atoms with van der Waals surface area (Å²) < 4.78 is 0. The van der Waals surface area contributed by atoms with E-state index in [-0.39, 0.29) is 11.5 Å². The van der Waals surface area contributed by atoms with Crippen molar-refractivity contribution < 1.29 is 5.11 Å². The van der Waals surface area contributed by atoms with E-state index in [2.05, 4.69) is 31.3 Å². The molecule has 3 nitrogen and oxygen atoms in total. The number of nitrogens with one attached hydrogen (secondary N) is 1. The Hall–Kier alpha value is -1.36. The highest BCUT2D eigenvalue weighted by Crippen LogP contribution is 2.64. The first-order valence-corrected chi connectivity index (χ1v) is 13.4. The number of anilines is 1. The van der Waals surface area contributed by atoms with Gasteiger partial charge < -0.3 is 10.4 Å². The fourth-order valence-corrected chi connectivity index (χ4v) is 9.03. The van der Waals surface area contributed by atoms with Crippen LogP contribution in [-0.2, 0) is 18.4 Å². The molecule has 4 aliphatic carbocycles. The summed E-state index contributed by atoms with van der Waals surface area (Å²) in [5.74, 6) is 2.22. The van der Waals surface area contributed by atoms with Crippen molar-refractivity contribution in [3.8, 4) is 0 Å². The number of thiazole rings is 1. The summed E-state index contributed by atoms with van der Waals surface area (Å²) in [6.07, 6.45) is 10.3. The lowest BCUT2D eigenvalue weighted by molar-refractivity contribution is -0.0169. The number of benzene rings is 1. The number of aliphatic hydroxyl groups excluding tert-OH is 1. The molecule has 0 aliphatic heterocycles. The second-order valence-corrected chi connectivity index (χ2v) is 12.6. The second kappa shape index (κ2) is 7.58. The van der Waals surface area contributed by atoms with Crippen LogP contribution in [0.15, 0.2) is 35.9 Å². The summed E-state index contributed by atoms with van der Waals surface area (Å²) in [5, 5.41) is 15.6. The fraction of sp³-hybridized carbons (Fsp3) is 0.593. The van der Waals surface area contributed by atoms with E-state index in [0.717, 1.165) is 47.8 Å². The molecule has 1 aromatic carbocycles. The summed E-state index contributed by atoms with van der Waals surface area (Å²) in [7, 11) is 0. The summed E-state index contributed by atoms with van der Waals surface area (Å²) in [4.78, 5) is 6.66. The third kappa shape index (κ3) is 3.20. The average Bonchev–Trinajstić information content (AvgIpc) is 3.29. The van der Waals surface area contributed by atoms with Gasteiger partial charge >= 0.3 is 0 Å². The Labute approximate surface area is 200 Å². The summed E-state index contributed by atoms with van der Waals surface area (Å²) in [6, 6.07) is 8.04. The van der Waals surface area contributed by atoms with Gasteiger partial charge in [-0.2, -0.15) is 0 Å². The van der Waals surface area contributed by atoms with E-state index in [1.54, 1.807) is 5.57 Å². The number of aliphatic hydroxyl groups is 1. The first-order valence-electron chi connectivity index (χ1n) is 12.2. The number of hydrogen-bond acceptors (Lipinski definition) is 4. The van der Waals surface area contributed by atoms with Crippen LogP contribution in [-0.4, -0.2) is 16.2 Å². The number of aromatic nitrogens is 1. The van der Waals surface area contributed by atoms with Gasteiger partial charge in [-0.25, -0.2) is 4.98 Å². The molecule has 1 aromatic heterocycles. The van der Waals surface area contributed by atoms with Crippen molar-refractivity contribution in [1.29, 1.82) is 0 Å². The highest BCUT2D eigenvalue weighted by Gasteiger charge is 2.58. The maximum Gasteiger partial charge on any atom is 0.183 e. The van der Waals surface area contributed by atoms with Gasteiger partial charge in [0.05, 0.1) is 11.8 Å². The number of allylic oxidation sites excluding steroid dienone is 1. The molecule has 1 heterocycles. The molecule has 6 atom stereocenters. The van der Waals surface area contributed by atoms with Crippen molar-refractivity contribution in [2.24, 2.45) is 23.2 Å². The molecule has 2 fully saturated rings. The van der Waals surface area contributed by atoms with Crippen molar-refractivity contribution in [2.45, 2.75) is 76.9 Å². The Morgan fingerprint density at radius 1 is 1.16 bits per heavy atom. The van der Waals surface area contributed by atoms with E-state index in [1.165, 1.54) is 41.8 Å². The van der Waals surface area contributed by atoms with Gasteiger partial charge in [0.1, 0.15) is 0 Å². The predicted octanol–water partition coefficient (Wildman–Crippen LogP) is 6.75. The van der Waals surface area contributed by atoms with Crippen molar-refractivity contribution in [3.63, 3.8) is 0 Å². The second-order valence-electron chi connectivity index (χ2n) is 11.1. The van der Waals surface area contributed by atoms with Gasteiger partial charge in [0.25, 0.3) is 0 Å². The van der Waals surface area contributed by atoms with Crippen LogP contribution in [0.5, 0.6) is 0 Å². The molecule has 4 aliphatic rings. The van der Waals surface area contributed by atoms with Crippen molar-refractivity contribution >= 4 is 28.1 Å². The largest absolute Gasteiger partial charge is 0.393 e. The Bertz CT molecular complexity index is 1080. The van der Waals surface area contributed by atoms with Gasteiger partial charge in [0, 0.05) is 21.9 Å². The molecule has 6 rings (SSSR count). The third-order valence-corrected chi connectivity index (χ3v) is 10.7. The fourth-order valence-electron chi connectivity index (χ4n) is 7.67. The molecule has 0 bridgehead atoms. The van der Waals surface area contributed by atoms with Gasteiger partial charge in [0.15, 0.2) is 5.13 Å². The van der Waals surface area contributed by atoms with Crippen LogP contribution in [0.4, 0.5) is 5.13 Å². The minimum atomic E-state index is -0.125. The lowest BCUT2D eigenvalue weighted by atomic mass is 9.48. The minimum Gasteiger partial charge on any atom is -0.393 e. The van der Waals surface area contributed by atoms with E-state index >= 15 is 0 Å². The molecule has 5 heteroatoms. The monoisotopic (exact) mass is 468 g/mol. The van der Waals surface area contributed by atoms with Crippen molar-refractivity contribution in [2.75, 3.05) is 5.32 Å². The highest BCUT2D eigenvalue weighted by atomic mass is 35.5. The minimum absolute atomic E-state index is 0.125. The average molecular weight is 469 g/mol. The summed E-state index contributed by atoms with van der Waals surface area (Å²) in [6.45, 7) is 5.76. The van der Waals surface area contributed by atoms with Crippen molar-refractivity contribution in [1.82, 2.24) is 4.98 Å². The summed E-state index contributed by atoms with van der Waals surface area (Å²) >= 11 is 8.01. The Morgan fingerprint density at radius 2 is 2.00 bits per heavy atom. The quantitative estimate of drug-likeness (QED) is 0.490. The number of halogens is 1. The highest BCUT2D eigenvalue weighted by molar-refractivity contribution is 7.15. The van der Waals surface area contributed by atoms with Gasteiger partial charge in [-0.3, -0.25) is 0 Å². The van der Waals surface area contributed by atoms with Crippen LogP contribution in [0.3, 0.4) is 0 Å². The number of fused-ring (bicyclic) bond motifs is 7. The summed E-state index contributed by atoms with van der Waals surface area (Å²) in [5.41, 5.74) is 4.63. The van der Waals surface area contributed by atoms with E-state index in [1.807, 2.05) is 29.5 Å². The first-order chi connectivity index (χ1) is 15.4. The van der Waals surface area contributed by atoms with E-state index < -0.39 is 0 Å². The molecule has 3 unspecified atom stereocenters. The van der Waals surface area contributed by atoms with Gasteiger partial charge in [-0.15, -0.1) is 11.3 Å². The number of hydrogen-bond donors (Lipinski definition) is 2. The molecule has 0 radical (unpaired) electrons. The normalized spacial score (nSPS) is 37.7. The zero-order valence-electron chi connectivity index (χ0n) is 19.0. The molecule has 2 N–H and O–H groups in total. The van der Waals surface area contributed by atoms with Crippen LogP contribution >= 0.6 is 22.9 Å². The molecule has 170 valence electrons.